The number of rotatable bonds is 12. The summed E-state index contributed by atoms with van der Waals surface area (Å²) >= 11 is 0. The molecule has 0 radical (unpaired) electrons. The number of Topliss-reactive ketones (excluding diaryl/α,β-unsaturated/α-hetero) is 1. The number of aliphatic carboxylic acids is 1. The Hall–Kier alpha value is -1.98. The van der Waals surface area contributed by atoms with Crippen LogP contribution in [0, 0.1) is 11.8 Å². The Bertz CT molecular complexity index is 573. The van der Waals surface area contributed by atoms with Crippen LogP contribution in [0.2, 0.25) is 0 Å². The smallest absolute Gasteiger partial charge is 0.303 e. The van der Waals surface area contributed by atoms with Gasteiger partial charge in [-0.05, 0) is 38.0 Å². The Morgan fingerprint density at radius 1 is 1.15 bits per heavy atom. The maximum Gasteiger partial charge on any atom is 0.303 e. The second kappa shape index (κ2) is 13.2. The van der Waals surface area contributed by atoms with Crippen LogP contribution in [0.15, 0.2) is 48.6 Å². The molecule has 1 rings (SSSR count). The molecule has 0 heterocycles. The first-order valence-electron chi connectivity index (χ1n) is 9.69. The highest BCUT2D eigenvalue weighted by Crippen LogP contribution is 2.32. The van der Waals surface area contributed by atoms with Gasteiger partial charge in [0, 0.05) is 18.8 Å². The van der Waals surface area contributed by atoms with Gasteiger partial charge in [0.15, 0.2) is 0 Å². The molecule has 0 unspecified atom stereocenters. The van der Waals surface area contributed by atoms with E-state index in [0.717, 1.165) is 19.3 Å². The molecule has 5 heteroatoms. The molecule has 3 N–H and O–H groups in total. The number of ketones is 1. The summed E-state index contributed by atoms with van der Waals surface area (Å²) in [6.07, 6.45) is 17.7. The SMILES string of the molecule is CC[C@@H]1[C@H](/C=C/[C@H](O)C/C=C\C/C=C\C/C=C\CCC(=O)O)C(=O)C[C@@H]1O. The number of allylic oxidation sites excluding steroid dienone is 6. The van der Waals surface area contributed by atoms with E-state index in [1.165, 1.54) is 0 Å². The Morgan fingerprint density at radius 2 is 1.78 bits per heavy atom. The number of carboxylic acids is 1. The molecule has 0 amide bonds. The lowest BCUT2D eigenvalue weighted by atomic mass is 9.91. The molecule has 0 aromatic heterocycles. The molecule has 5 nitrogen and oxygen atoms in total. The molecule has 0 aromatic carbocycles. The first-order valence-corrected chi connectivity index (χ1v) is 9.69. The minimum absolute atomic E-state index is 0.0418. The van der Waals surface area contributed by atoms with E-state index in [1.54, 1.807) is 12.2 Å². The molecule has 150 valence electrons. The maximum absolute atomic E-state index is 11.9. The van der Waals surface area contributed by atoms with Crippen molar-refractivity contribution >= 4 is 11.8 Å². The van der Waals surface area contributed by atoms with E-state index in [-0.39, 0.29) is 30.5 Å². The van der Waals surface area contributed by atoms with Crippen LogP contribution in [0.5, 0.6) is 0 Å². The van der Waals surface area contributed by atoms with Gasteiger partial charge in [0.2, 0.25) is 0 Å². The molecule has 0 aliphatic heterocycles. The van der Waals surface area contributed by atoms with Crippen LogP contribution in [0.3, 0.4) is 0 Å². The van der Waals surface area contributed by atoms with E-state index < -0.39 is 18.2 Å². The van der Waals surface area contributed by atoms with Crippen molar-refractivity contribution in [1.29, 1.82) is 0 Å². The van der Waals surface area contributed by atoms with Crippen LogP contribution in [-0.4, -0.2) is 39.3 Å². The summed E-state index contributed by atoms with van der Waals surface area (Å²) < 4.78 is 0. The average molecular weight is 376 g/mol. The first kappa shape index (κ1) is 23.1. The number of carboxylic acid groups (broad SMARTS) is 1. The van der Waals surface area contributed by atoms with Gasteiger partial charge in [0.05, 0.1) is 12.2 Å². The van der Waals surface area contributed by atoms with E-state index in [2.05, 4.69) is 0 Å². The first-order chi connectivity index (χ1) is 13.0. The largest absolute Gasteiger partial charge is 0.481 e. The van der Waals surface area contributed by atoms with Crippen molar-refractivity contribution in [3.8, 4) is 0 Å². The zero-order chi connectivity index (χ0) is 20.1. The summed E-state index contributed by atoms with van der Waals surface area (Å²) in [6.45, 7) is 1.96. The molecule has 0 saturated heterocycles. The third-order valence-corrected chi connectivity index (χ3v) is 4.70. The second-order valence-electron chi connectivity index (χ2n) is 6.84. The molecule has 1 aliphatic carbocycles. The molecular weight excluding hydrogens is 344 g/mol. The number of carbonyl (C=O) groups is 2. The van der Waals surface area contributed by atoms with Crippen molar-refractivity contribution in [3.05, 3.63) is 48.6 Å². The third kappa shape index (κ3) is 9.50. The van der Waals surface area contributed by atoms with Crippen molar-refractivity contribution in [2.45, 2.75) is 64.1 Å². The highest BCUT2D eigenvalue weighted by Gasteiger charge is 2.38. The molecule has 0 aromatic rings. The van der Waals surface area contributed by atoms with Crippen LogP contribution >= 0.6 is 0 Å². The van der Waals surface area contributed by atoms with Crippen molar-refractivity contribution in [1.82, 2.24) is 0 Å². The monoisotopic (exact) mass is 376 g/mol. The summed E-state index contributed by atoms with van der Waals surface area (Å²) in [5.74, 6) is -1.06. The summed E-state index contributed by atoms with van der Waals surface area (Å²) in [5, 5.41) is 28.4. The quantitative estimate of drug-likeness (QED) is 0.453. The van der Waals surface area contributed by atoms with Gasteiger partial charge in [0.25, 0.3) is 0 Å². The van der Waals surface area contributed by atoms with Gasteiger partial charge >= 0.3 is 5.97 Å². The molecule has 27 heavy (non-hydrogen) atoms. The molecule has 4 atom stereocenters. The minimum atomic E-state index is -0.782. The summed E-state index contributed by atoms with van der Waals surface area (Å²) in [4.78, 5) is 22.2. The van der Waals surface area contributed by atoms with Gasteiger partial charge in [-0.15, -0.1) is 0 Å². The van der Waals surface area contributed by atoms with E-state index >= 15 is 0 Å². The van der Waals surface area contributed by atoms with Gasteiger partial charge in [-0.1, -0.05) is 55.5 Å². The van der Waals surface area contributed by atoms with E-state index in [1.807, 2.05) is 43.4 Å². The fourth-order valence-corrected chi connectivity index (χ4v) is 3.18. The van der Waals surface area contributed by atoms with Crippen molar-refractivity contribution in [2.75, 3.05) is 0 Å². The van der Waals surface area contributed by atoms with Gasteiger partial charge in [-0.2, -0.15) is 0 Å². The number of hydrogen-bond acceptors (Lipinski definition) is 4. The number of aliphatic hydroxyl groups is 2. The molecule has 1 aliphatic rings. The Balaban J connectivity index is 2.22. The standard InChI is InChI=1S/C22H32O5/c1-2-18-19(21(25)16-20(18)24)15-14-17(23)12-10-8-6-4-3-5-7-9-11-13-22(26)27/h3-4,7-10,14-15,17-20,23-24H,2,5-6,11-13,16H2,1H3,(H,26,27)/b4-3-,9-7-,10-8-,15-14+/t17-,18-,19+,20+/m1/s1. The third-order valence-electron chi connectivity index (χ3n) is 4.70. The van der Waals surface area contributed by atoms with E-state index in [4.69, 9.17) is 5.11 Å². The summed E-state index contributed by atoms with van der Waals surface area (Å²) in [7, 11) is 0. The van der Waals surface area contributed by atoms with Crippen LogP contribution in [0.4, 0.5) is 0 Å². The fourth-order valence-electron chi connectivity index (χ4n) is 3.18. The van der Waals surface area contributed by atoms with Gasteiger partial charge in [0.1, 0.15) is 5.78 Å². The lowest BCUT2D eigenvalue weighted by molar-refractivity contribution is -0.136. The summed E-state index contributed by atoms with van der Waals surface area (Å²) in [5.41, 5.74) is 0. The Labute approximate surface area is 161 Å². The number of carbonyl (C=O) groups excluding carboxylic acids is 1. The molecule has 0 spiro atoms. The Kier molecular flexibility index (Phi) is 11.3. The summed E-state index contributed by atoms with van der Waals surface area (Å²) in [6, 6.07) is 0. The lowest BCUT2D eigenvalue weighted by Crippen LogP contribution is -2.18. The average Bonchev–Trinajstić information content (AvgIpc) is 2.90. The van der Waals surface area contributed by atoms with Gasteiger partial charge < -0.3 is 15.3 Å². The lowest BCUT2D eigenvalue weighted by Gasteiger charge is -2.16. The van der Waals surface area contributed by atoms with Crippen molar-refractivity contribution < 1.29 is 24.9 Å². The molecule has 0 bridgehead atoms. The number of aliphatic hydroxyl groups excluding tert-OH is 2. The zero-order valence-corrected chi connectivity index (χ0v) is 16.0. The Morgan fingerprint density at radius 3 is 2.41 bits per heavy atom. The van der Waals surface area contributed by atoms with Crippen LogP contribution in [-0.2, 0) is 9.59 Å². The maximum atomic E-state index is 11.9. The topological polar surface area (TPSA) is 94.8 Å². The predicted octanol–water partition coefficient (Wildman–Crippen LogP) is 3.58. The van der Waals surface area contributed by atoms with Crippen LogP contribution < -0.4 is 0 Å². The van der Waals surface area contributed by atoms with Gasteiger partial charge in [-0.3, -0.25) is 9.59 Å². The fraction of sp³-hybridized carbons (Fsp3) is 0.545. The van der Waals surface area contributed by atoms with Crippen molar-refractivity contribution in [3.63, 3.8) is 0 Å². The predicted molar refractivity (Wildman–Crippen MR) is 106 cm³/mol. The van der Waals surface area contributed by atoms with Gasteiger partial charge in [-0.25, -0.2) is 0 Å². The van der Waals surface area contributed by atoms with E-state index in [9.17, 15) is 19.8 Å². The molecular formula is C22H32O5. The van der Waals surface area contributed by atoms with Crippen LogP contribution in [0.25, 0.3) is 0 Å². The second-order valence-corrected chi connectivity index (χ2v) is 6.84. The number of hydrogen-bond donors (Lipinski definition) is 3. The highest BCUT2D eigenvalue weighted by atomic mass is 16.4. The molecule has 1 saturated carbocycles. The van der Waals surface area contributed by atoms with Crippen molar-refractivity contribution in [2.24, 2.45) is 11.8 Å². The highest BCUT2D eigenvalue weighted by molar-refractivity contribution is 5.85. The zero-order valence-electron chi connectivity index (χ0n) is 16.0. The van der Waals surface area contributed by atoms with E-state index in [0.29, 0.717) is 12.8 Å². The van der Waals surface area contributed by atoms with Crippen LogP contribution in [0.1, 0.15) is 51.9 Å². The normalized spacial score (nSPS) is 24.9. The minimum Gasteiger partial charge on any atom is -0.481 e. The molecule has 1 fully saturated rings.